The first-order valence-electron chi connectivity index (χ1n) is 12.8. The lowest BCUT2D eigenvalue weighted by molar-refractivity contribution is -0.109. The van der Waals surface area contributed by atoms with Gasteiger partial charge >= 0.3 is 6.61 Å². The van der Waals surface area contributed by atoms with E-state index in [0.717, 1.165) is 11.1 Å². The average Bonchev–Trinajstić information content (AvgIpc) is 3.45. The van der Waals surface area contributed by atoms with E-state index < -0.39 is 23.5 Å². The minimum atomic E-state index is -3.03. The van der Waals surface area contributed by atoms with E-state index in [1.54, 1.807) is 54.2 Å². The Labute approximate surface area is 226 Å². The third kappa shape index (κ3) is 3.43. The number of hydrogen-bond acceptors (Lipinski definition) is 8. The van der Waals surface area contributed by atoms with Crippen LogP contribution in [-0.4, -0.2) is 54.1 Å². The summed E-state index contributed by atoms with van der Waals surface area (Å²) in [6.07, 6.45) is 5.74. The van der Waals surface area contributed by atoms with E-state index in [1.807, 2.05) is 6.07 Å². The molecule has 12 heteroatoms. The van der Waals surface area contributed by atoms with Gasteiger partial charge in [-0.15, -0.1) is 0 Å². The number of carbonyl (C=O) groups excluding carboxylic acids is 1. The number of fused-ring (bicyclic) bond motifs is 9. The van der Waals surface area contributed by atoms with Crippen molar-refractivity contribution >= 4 is 11.4 Å². The number of aromatic nitrogens is 5. The number of nitriles is 1. The van der Waals surface area contributed by atoms with Gasteiger partial charge in [-0.3, -0.25) is 4.79 Å². The molecule has 1 aromatic carbocycles. The fourth-order valence-corrected chi connectivity index (χ4v) is 6.61. The quantitative estimate of drug-likeness (QED) is 0.410. The van der Waals surface area contributed by atoms with E-state index in [2.05, 4.69) is 21.0 Å². The Bertz CT molecular complexity index is 1740. The number of hydrogen-bond donors (Lipinski definition) is 1. The first-order chi connectivity index (χ1) is 19.1. The molecule has 3 aromatic heterocycles. The summed E-state index contributed by atoms with van der Waals surface area (Å²) >= 11 is 0. The van der Waals surface area contributed by atoms with Crippen molar-refractivity contribution in [2.45, 2.75) is 50.4 Å². The van der Waals surface area contributed by atoms with Gasteiger partial charge in [0.25, 0.3) is 5.91 Å². The Morgan fingerprint density at radius 2 is 1.95 bits per heavy atom. The molecule has 4 aromatic rings. The largest absolute Gasteiger partial charge is 0.434 e. The zero-order valence-electron chi connectivity index (χ0n) is 21.5. The second-order valence-electron chi connectivity index (χ2n) is 11.1. The molecule has 1 fully saturated rings. The van der Waals surface area contributed by atoms with Crippen molar-refractivity contribution in [1.29, 1.82) is 5.26 Å². The molecule has 0 radical (unpaired) electrons. The molecule has 40 heavy (non-hydrogen) atoms. The summed E-state index contributed by atoms with van der Waals surface area (Å²) < 4.78 is 33.2. The number of ether oxygens (including phenoxy) is 1. The van der Waals surface area contributed by atoms with Crippen LogP contribution in [0, 0.1) is 16.7 Å². The molecule has 7 rings (SSSR count). The maximum absolute atomic E-state index is 13.3. The zero-order valence-corrected chi connectivity index (χ0v) is 21.5. The van der Waals surface area contributed by atoms with Gasteiger partial charge in [-0.05, 0) is 31.5 Å². The van der Waals surface area contributed by atoms with E-state index in [1.165, 1.54) is 6.07 Å². The second-order valence-corrected chi connectivity index (χ2v) is 11.1. The summed E-state index contributed by atoms with van der Waals surface area (Å²) in [5.74, 6) is -0.431. The van der Waals surface area contributed by atoms with Gasteiger partial charge in [0.1, 0.15) is 17.7 Å². The number of carbonyl (C=O) groups is 1. The number of benzene rings is 1. The number of alkyl halides is 2. The Kier molecular flexibility index (Phi) is 5.06. The van der Waals surface area contributed by atoms with Crippen LogP contribution in [0.1, 0.15) is 71.1 Å². The van der Waals surface area contributed by atoms with E-state index in [0.29, 0.717) is 34.5 Å². The molecular formula is C28H23F2N7O3. The highest BCUT2D eigenvalue weighted by Gasteiger charge is 2.54. The van der Waals surface area contributed by atoms with Crippen LogP contribution in [-0.2, 0) is 5.60 Å². The van der Waals surface area contributed by atoms with Crippen molar-refractivity contribution in [2.75, 3.05) is 7.05 Å². The maximum Gasteiger partial charge on any atom is 0.387 e. The van der Waals surface area contributed by atoms with Gasteiger partial charge in [0.05, 0.1) is 34.4 Å². The van der Waals surface area contributed by atoms with E-state index in [-0.39, 0.29) is 36.4 Å². The number of nitrogens with zero attached hydrogens (tertiary/aromatic N) is 7. The molecule has 1 N–H and O–H groups in total. The topological polar surface area (TPSA) is 130 Å². The summed E-state index contributed by atoms with van der Waals surface area (Å²) in [5, 5.41) is 24.9. The zero-order chi connectivity index (χ0) is 28.0. The number of amides is 1. The summed E-state index contributed by atoms with van der Waals surface area (Å²) in [5.41, 5.74) is 2.34. The highest BCUT2D eigenvalue weighted by atomic mass is 19.3. The molecule has 10 nitrogen and oxygen atoms in total. The van der Waals surface area contributed by atoms with Crippen LogP contribution in [0.4, 0.5) is 8.78 Å². The molecule has 2 aliphatic carbocycles. The van der Waals surface area contributed by atoms with Crippen molar-refractivity contribution in [2.24, 2.45) is 5.41 Å². The Balaban J connectivity index is 1.31. The summed E-state index contributed by atoms with van der Waals surface area (Å²) in [7, 11) is 1.69. The van der Waals surface area contributed by atoms with Gasteiger partial charge in [0.2, 0.25) is 0 Å². The standard InChI is InChI=1S/C28H23F2N7O3/c1-27(12-31)10-28(39,11-27)25-32-8-14(9-33-25)17-7-18-22-16-6-19(23(22)35-37(18)13-34-17)36(2)24(38)15-4-3-5-20(21(15)16)40-26(29)30/h3-5,7-9,13,16,19,26,39H,6,10-11H2,1-2H3. The third-order valence-corrected chi connectivity index (χ3v) is 8.36. The maximum atomic E-state index is 13.3. The number of aliphatic hydroxyl groups is 1. The van der Waals surface area contributed by atoms with Crippen molar-refractivity contribution in [3.05, 3.63) is 71.2 Å². The molecular weight excluding hydrogens is 520 g/mol. The molecule has 2 atom stereocenters. The van der Waals surface area contributed by atoms with Crippen molar-refractivity contribution in [3.8, 4) is 23.1 Å². The normalized spacial score (nSPS) is 26.7. The van der Waals surface area contributed by atoms with Gasteiger partial charge in [0, 0.05) is 60.5 Å². The van der Waals surface area contributed by atoms with Crippen LogP contribution in [0.2, 0.25) is 0 Å². The van der Waals surface area contributed by atoms with Crippen molar-refractivity contribution in [1.82, 2.24) is 29.5 Å². The molecule has 0 saturated heterocycles. The predicted octanol–water partition coefficient (Wildman–Crippen LogP) is 3.96. The van der Waals surface area contributed by atoms with Gasteiger partial charge in [-0.1, -0.05) is 6.07 Å². The monoisotopic (exact) mass is 543 g/mol. The Hall–Kier alpha value is -4.50. The number of halogens is 2. The molecule has 3 aliphatic rings. The lowest BCUT2D eigenvalue weighted by atomic mass is 9.60. The average molecular weight is 544 g/mol. The van der Waals surface area contributed by atoms with E-state index in [9.17, 15) is 23.9 Å². The summed E-state index contributed by atoms with van der Waals surface area (Å²) in [6.45, 7) is -1.24. The minimum Gasteiger partial charge on any atom is -0.434 e. The lowest BCUT2D eigenvalue weighted by Gasteiger charge is -2.46. The smallest absolute Gasteiger partial charge is 0.387 e. The minimum absolute atomic E-state index is 0.0215. The summed E-state index contributed by atoms with van der Waals surface area (Å²) in [6, 6.07) is 8.36. The third-order valence-electron chi connectivity index (χ3n) is 8.36. The summed E-state index contributed by atoms with van der Waals surface area (Å²) in [4.78, 5) is 28.2. The lowest BCUT2D eigenvalue weighted by Crippen LogP contribution is -2.48. The molecule has 4 heterocycles. The molecule has 202 valence electrons. The predicted molar refractivity (Wildman–Crippen MR) is 135 cm³/mol. The molecule has 1 aliphatic heterocycles. The molecule has 1 amide bonds. The fraction of sp³-hybridized carbons (Fsp3) is 0.357. The van der Waals surface area contributed by atoms with Crippen LogP contribution in [0.25, 0.3) is 16.8 Å². The second kappa shape index (κ2) is 8.25. The van der Waals surface area contributed by atoms with Gasteiger partial charge in [0.15, 0.2) is 5.82 Å². The molecule has 1 saturated carbocycles. The van der Waals surface area contributed by atoms with Crippen molar-refractivity contribution in [3.63, 3.8) is 0 Å². The molecule has 2 unspecified atom stereocenters. The van der Waals surface area contributed by atoms with E-state index in [4.69, 9.17) is 9.84 Å². The van der Waals surface area contributed by atoms with Crippen LogP contribution >= 0.6 is 0 Å². The van der Waals surface area contributed by atoms with Crippen molar-refractivity contribution < 1.29 is 23.4 Å². The van der Waals surface area contributed by atoms with Crippen LogP contribution in [0.5, 0.6) is 5.75 Å². The first-order valence-corrected chi connectivity index (χ1v) is 12.8. The highest BCUT2D eigenvalue weighted by molar-refractivity contribution is 5.98. The molecule has 2 bridgehead atoms. The highest BCUT2D eigenvalue weighted by Crippen LogP contribution is 2.54. The van der Waals surface area contributed by atoms with Crippen LogP contribution < -0.4 is 4.74 Å². The van der Waals surface area contributed by atoms with E-state index >= 15 is 0 Å². The molecule has 0 spiro atoms. The SMILES string of the molecule is CN1C(=O)c2cccc(OC(F)F)c2C2CC1c1nn3cnc(-c4cnc(C5(O)CC(C)(C#N)C5)nc4)cc3c12. The van der Waals surface area contributed by atoms with Crippen LogP contribution in [0.3, 0.4) is 0 Å². The van der Waals surface area contributed by atoms with Gasteiger partial charge < -0.3 is 14.7 Å². The first kappa shape index (κ1) is 24.5. The van der Waals surface area contributed by atoms with Gasteiger partial charge in [-0.25, -0.2) is 19.5 Å². The Morgan fingerprint density at radius 3 is 2.65 bits per heavy atom. The fourth-order valence-electron chi connectivity index (χ4n) is 6.61. The van der Waals surface area contributed by atoms with Gasteiger partial charge in [-0.2, -0.15) is 19.1 Å². The Morgan fingerprint density at radius 1 is 1.20 bits per heavy atom. The van der Waals surface area contributed by atoms with Crippen LogP contribution in [0.15, 0.2) is 43.0 Å². The number of rotatable bonds is 4.